The van der Waals surface area contributed by atoms with Gasteiger partial charge in [-0.1, -0.05) is 0 Å². The number of aliphatic hydroxyl groups excluding tert-OH is 1. The van der Waals surface area contributed by atoms with E-state index in [1.807, 2.05) is 0 Å². The van der Waals surface area contributed by atoms with Crippen molar-refractivity contribution in [3.05, 3.63) is 35.4 Å². The van der Waals surface area contributed by atoms with Crippen molar-refractivity contribution in [2.75, 3.05) is 13.6 Å². The summed E-state index contributed by atoms with van der Waals surface area (Å²) < 4.78 is 26.2. The first-order valence-corrected chi connectivity index (χ1v) is 5.86. The normalized spacial score (nSPS) is 22.4. The van der Waals surface area contributed by atoms with Gasteiger partial charge in [0.05, 0.1) is 11.7 Å². The van der Waals surface area contributed by atoms with Crippen LogP contribution in [0.15, 0.2) is 18.2 Å². The maximum atomic E-state index is 13.4. The molecule has 1 amide bonds. The summed E-state index contributed by atoms with van der Waals surface area (Å²) in [5.74, 6) is -1.75. The minimum Gasteiger partial charge on any atom is -0.393 e. The van der Waals surface area contributed by atoms with Gasteiger partial charge in [-0.15, -0.1) is 0 Å². The lowest BCUT2D eigenvalue weighted by molar-refractivity contribution is 0.0264. The molecule has 0 saturated heterocycles. The van der Waals surface area contributed by atoms with Crippen LogP contribution in [0, 0.1) is 17.6 Å². The van der Waals surface area contributed by atoms with Gasteiger partial charge in [-0.05, 0) is 30.9 Å². The third-order valence-corrected chi connectivity index (χ3v) is 3.25. The van der Waals surface area contributed by atoms with Crippen molar-refractivity contribution in [2.45, 2.75) is 18.9 Å². The van der Waals surface area contributed by atoms with Crippen molar-refractivity contribution in [1.82, 2.24) is 4.90 Å². The molecule has 1 aromatic rings. The second kappa shape index (κ2) is 5.02. The van der Waals surface area contributed by atoms with Gasteiger partial charge in [-0.2, -0.15) is 0 Å². The van der Waals surface area contributed by atoms with E-state index in [2.05, 4.69) is 0 Å². The molecule has 0 bridgehead atoms. The van der Waals surface area contributed by atoms with Crippen LogP contribution in [-0.2, 0) is 0 Å². The highest BCUT2D eigenvalue weighted by atomic mass is 19.1. The van der Waals surface area contributed by atoms with E-state index in [-0.39, 0.29) is 17.6 Å². The molecule has 0 spiro atoms. The van der Waals surface area contributed by atoms with Crippen molar-refractivity contribution in [2.24, 2.45) is 5.92 Å². The van der Waals surface area contributed by atoms with Crippen molar-refractivity contribution in [1.29, 1.82) is 0 Å². The fourth-order valence-corrected chi connectivity index (χ4v) is 2.19. The molecule has 1 fully saturated rings. The summed E-state index contributed by atoms with van der Waals surface area (Å²) >= 11 is 0. The van der Waals surface area contributed by atoms with Gasteiger partial charge in [0, 0.05) is 19.7 Å². The molecule has 0 unspecified atom stereocenters. The minimum absolute atomic E-state index is 0.126. The number of hydrogen-bond donors (Lipinski definition) is 1. The lowest BCUT2D eigenvalue weighted by Crippen LogP contribution is -2.39. The Kier molecular flexibility index (Phi) is 3.61. The van der Waals surface area contributed by atoms with Gasteiger partial charge in [0.2, 0.25) is 0 Å². The number of carbonyl (C=O) groups is 1. The van der Waals surface area contributed by atoms with E-state index in [0.29, 0.717) is 25.5 Å². The van der Waals surface area contributed by atoms with E-state index in [9.17, 15) is 13.6 Å². The van der Waals surface area contributed by atoms with E-state index >= 15 is 0 Å². The Hall–Kier alpha value is -1.49. The molecule has 1 saturated carbocycles. The molecule has 98 valence electrons. The topological polar surface area (TPSA) is 40.5 Å². The van der Waals surface area contributed by atoms with Crippen molar-refractivity contribution < 1.29 is 18.7 Å². The van der Waals surface area contributed by atoms with Gasteiger partial charge in [-0.3, -0.25) is 4.79 Å². The number of hydrogen-bond acceptors (Lipinski definition) is 2. The van der Waals surface area contributed by atoms with E-state index in [1.54, 1.807) is 7.05 Å². The molecule has 1 N–H and O–H groups in total. The zero-order valence-corrected chi connectivity index (χ0v) is 10.1. The quantitative estimate of drug-likeness (QED) is 0.894. The van der Waals surface area contributed by atoms with E-state index in [0.717, 1.165) is 12.1 Å². The zero-order valence-electron chi connectivity index (χ0n) is 10.1. The average Bonchev–Trinajstić information content (AvgIpc) is 2.26. The van der Waals surface area contributed by atoms with Crippen LogP contribution in [0.5, 0.6) is 0 Å². The van der Waals surface area contributed by atoms with Crippen LogP contribution >= 0.6 is 0 Å². The molecule has 0 heterocycles. The summed E-state index contributed by atoms with van der Waals surface area (Å²) in [4.78, 5) is 13.3. The number of benzene rings is 1. The summed E-state index contributed by atoms with van der Waals surface area (Å²) in [6, 6.07) is 2.92. The van der Waals surface area contributed by atoms with Crippen LogP contribution < -0.4 is 0 Å². The van der Waals surface area contributed by atoms with Gasteiger partial charge in [0.1, 0.15) is 11.6 Å². The second-order valence-electron chi connectivity index (χ2n) is 4.80. The minimum atomic E-state index is -0.847. The largest absolute Gasteiger partial charge is 0.393 e. The van der Waals surface area contributed by atoms with Gasteiger partial charge >= 0.3 is 0 Å². The van der Waals surface area contributed by atoms with Gasteiger partial charge in [0.15, 0.2) is 0 Å². The van der Waals surface area contributed by atoms with Crippen LogP contribution in [0.25, 0.3) is 0 Å². The molecule has 1 aliphatic carbocycles. The molecule has 1 aromatic carbocycles. The van der Waals surface area contributed by atoms with E-state index < -0.39 is 17.5 Å². The highest BCUT2D eigenvalue weighted by molar-refractivity contribution is 5.94. The number of rotatable bonds is 3. The van der Waals surface area contributed by atoms with Crippen LogP contribution in [0.1, 0.15) is 23.2 Å². The summed E-state index contributed by atoms with van der Waals surface area (Å²) in [5, 5.41) is 9.16. The Bertz CT molecular complexity index is 458. The van der Waals surface area contributed by atoms with Gasteiger partial charge in [-0.25, -0.2) is 8.78 Å². The van der Waals surface area contributed by atoms with Crippen molar-refractivity contribution >= 4 is 5.91 Å². The highest BCUT2D eigenvalue weighted by Gasteiger charge is 2.29. The first-order chi connectivity index (χ1) is 8.47. The number of amides is 1. The Morgan fingerprint density at radius 2 is 2.11 bits per heavy atom. The second-order valence-corrected chi connectivity index (χ2v) is 4.80. The summed E-state index contributed by atoms with van der Waals surface area (Å²) in [5.41, 5.74) is -0.126. The summed E-state index contributed by atoms with van der Waals surface area (Å²) in [6.45, 7) is 0.479. The van der Waals surface area contributed by atoms with Crippen LogP contribution in [0.3, 0.4) is 0 Å². The van der Waals surface area contributed by atoms with E-state index in [1.165, 1.54) is 4.90 Å². The fraction of sp³-hybridized carbons (Fsp3) is 0.462. The molecule has 0 atom stereocenters. The SMILES string of the molecule is CN(CC1CC(O)C1)C(=O)c1ccc(F)cc1F. The van der Waals surface area contributed by atoms with Crippen LogP contribution in [0.2, 0.25) is 0 Å². The monoisotopic (exact) mass is 255 g/mol. The van der Waals surface area contributed by atoms with Crippen LogP contribution in [-0.4, -0.2) is 35.6 Å². The third-order valence-electron chi connectivity index (χ3n) is 3.25. The van der Waals surface area contributed by atoms with Crippen LogP contribution in [0.4, 0.5) is 8.78 Å². The lowest BCUT2D eigenvalue weighted by atomic mass is 9.82. The number of halogens is 2. The molecule has 3 nitrogen and oxygen atoms in total. The van der Waals surface area contributed by atoms with Crippen molar-refractivity contribution in [3.63, 3.8) is 0 Å². The predicted molar refractivity (Wildman–Crippen MR) is 62.0 cm³/mol. The Morgan fingerprint density at radius 1 is 1.44 bits per heavy atom. The molecule has 1 aliphatic rings. The first kappa shape index (κ1) is 13.0. The zero-order chi connectivity index (χ0) is 13.3. The third kappa shape index (κ3) is 2.67. The molecular formula is C13H15F2NO2. The van der Waals surface area contributed by atoms with Gasteiger partial charge < -0.3 is 10.0 Å². The number of carbonyl (C=O) groups excluding carboxylic acids is 1. The molecular weight excluding hydrogens is 240 g/mol. The Morgan fingerprint density at radius 3 is 2.67 bits per heavy atom. The average molecular weight is 255 g/mol. The first-order valence-electron chi connectivity index (χ1n) is 5.86. The molecule has 5 heteroatoms. The molecule has 2 rings (SSSR count). The molecule has 0 radical (unpaired) electrons. The van der Waals surface area contributed by atoms with Crippen molar-refractivity contribution in [3.8, 4) is 0 Å². The van der Waals surface area contributed by atoms with E-state index in [4.69, 9.17) is 5.11 Å². The smallest absolute Gasteiger partial charge is 0.256 e. The maximum Gasteiger partial charge on any atom is 0.256 e. The Labute approximate surface area is 104 Å². The lowest BCUT2D eigenvalue weighted by Gasteiger charge is -2.34. The number of aliphatic hydroxyl groups is 1. The molecule has 0 aliphatic heterocycles. The predicted octanol–water partition coefficient (Wildman–Crippen LogP) is 1.81. The molecule has 18 heavy (non-hydrogen) atoms. The molecule has 0 aromatic heterocycles. The number of nitrogens with zero attached hydrogens (tertiary/aromatic N) is 1. The summed E-state index contributed by atoms with van der Waals surface area (Å²) in [6.07, 6.45) is 1.06. The Balaban J connectivity index is 2.01. The standard InChI is InChI=1S/C13H15F2NO2/c1-16(7-8-4-10(17)5-8)13(18)11-3-2-9(14)6-12(11)15/h2-3,6,8,10,17H,4-5,7H2,1H3. The highest BCUT2D eigenvalue weighted by Crippen LogP contribution is 2.28. The fourth-order valence-electron chi connectivity index (χ4n) is 2.19. The maximum absolute atomic E-state index is 13.4. The summed E-state index contributed by atoms with van der Waals surface area (Å²) in [7, 11) is 1.58. The van der Waals surface area contributed by atoms with Gasteiger partial charge in [0.25, 0.3) is 5.91 Å².